The van der Waals surface area contributed by atoms with Crippen molar-refractivity contribution in [1.82, 2.24) is 9.88 Å². The zero-order chi connectivity index (χ0) is 16.1. The minimum atomic E-state index is -1.13. The molecule has 1 aliphatic rings. The van der Waals surface area contributed by atoms with E-state index in [1.807, 2.05) is 11.9 Å². The summed E-state index contributed by atoms with van der Waals surface area (Å²) in [7, 11) is 2.03. The number of amides is 1. The predicted molar refractivity (Wildman–Crippen MR) is 84.0 cm³/mol. The first kappa shape index (κ1) is 16.2. The summed E-state index contributed by atoms with van der Waals surface area (Å²) in [5.74, 6) is -1.11. The molecule has 0 spiro atoms. The summed E-state index contributed by atoms with van der Waals surface area (Å²) in [6.07, 6.45) is 0.673. The molecule has 0 bridgehead atoms. The SMILES string of the molecule is C=CCOC(=O)Nc1nc(N2CCN(C)CC2)sc1C(=O)O. The Bertz CT molecular complexity index is 566. The van der Waals surface area contributed by atoms with E-state index in [-0.39, 0.29) is 17.3 Å². The topological polar surface area (TPSA) is 95.0 Å². The number of nitrogens with zero attached hydrogens (tertiary/aromatic N) is 3. The van der Waals surface area contributed by atoms with Crippen LogP contribution in [-0.4, -0.2) is 66.9 Å². The fourth-order valence-electron chi connectivity index (χ4n) is 1.94. The Morgan fingerprint density at radius 2 is 2.14 bits per heavy atom. The molecule has 2 rings (SSSR count). The van der Waals surface area contributed by atoms with Gasteiger partial charge in [0.2, 0.25) is 0 Å². The number of carboxylic acid groups (broad SMARTS) is 1. The first-order valence-corrected chi connectivity index (χ1v) is 7.55. The number of carboxylic acids is 1. The first-order chi connectivity index (χ1) is 10.5. The van der Waals surface area contributed by atoms with Gasteiger partial charge in [-0.1, -0.05) is 24.0 Å². The smallest absolute Gasteiger partial charge is 0.413 e. The van der Waals surface area contributed by atoms with Gasteiger partial charge >= 0.3 is 12.1 Å². The molecule has 1 fully saturated rings. The number of ether oxygens (including phenoxy) is 1. The zero-order valence-corrected chi connectivity index (χ0v) is 13.1. The van der Waals surface area contributed by atoms with Crippen LogP contribution in [0, 0.1) is 0 Å². The number of rotatable bonds is 5. The molecule has 22 heavy (non-hydrogen) atoms. The number of thiazole rings is 1. The molecule has 1 aromatic heterocycles. The molecule has 0 radical (unpaired) electrons. The highest BCUT2D eigenvalue weighted by atomic mass is 32.1. The molecule has 1 amide bonds. The molecule has 1 aliphatic heterocycles. The van der Waals surface area contributed by atoms with Crippen LogP contribution in [0.4, 0.5) is 15.7 Å². The minimum Gasteiger partial charge on any atom is -0.477 e. The lowest BCUT2D eigenvalue weighted by Gasteiger charge is -2.31. The molecule has 2 N–H and O–H groups in total. The van der Waals surface area contributed by atoms with Crippen molar-refractivity contribution < 1.29 is 19.4 Å². The van der Waals surface area contributed by atoms with E-state index in [9.17, 15) is 14.7 Å². The Kier molecular flexibility index (Phi) is 5.34. The van der Waals surface area contributed by atoms with E-state index in [1.54, 1.807) is 0 Å². The second kappa shape index (κ2) is 7.23. The Hall–Kier alpha value is -2.13. The van der Waals surface area contributed by atoms with E-state index in [1.165, 1.54) is 6.08 Å². The molecule has 1 saturated heterocycles. The molecular weight excluding hydrogens is 308 g/mol. The van der Waals surface area contributed by atoms with Crippen LogP contribution in [0.25, 0.3) is 0 Å². The molecule has 9 heteroatoms. The fourth-order valence-corrected chi connectivity index (χ4v) is 2.85. The second-order valence-electron chi connectivity index (χ2n) is 4.78. The lowest BCUT2D eigenvalue weighted by atomic mass is 10.3. The van der Waals surface area contributed by atoms with Crippen LogP contribution in [-0.2, 0) is 4.74 Å². The summed E-state index contributed by atoms with van der Waals surface area (Å²) in [4.78, 5) is 31.3. The molecule has 2 heterocycles. The van der Waals surface area contributed by atoms with Gasteiger partial charge in [0.05, 0.1) is 0 Å². The monoisotopic (exact) mass is 326 g/mol. The number of hydrogen-bond donors (Lipinski definition) is 2. The van der Waals surface area contributed by atoms with Gasteiger partial charge in [0, 0.05) is 26.2 Å². The standard InChI is InChI=1S/C13H18N4O4S/c1-3-8-21-13(20)15-10-9(11(18)19)22-12(14-10)17-6-4-16(2)5-7-17/h3H,1,4-8H2,2H3,(H,15,20)(H,18,19). The average molecular weight is 326 g/mol. The average Bonchev–Trinajstić information content (AvgIpc) is 2.90. The largest absolute Gasteiger partial charge is 0.477 e. The Morgan fingerprint density at radius 1 is 1.45 bits per heavy atom. The maximum atomic E-state index is 11.5. The molecule has 0 atom stereocenters. The van der Waals surface area contributed by atoms with Gasteiger partial charge in [-0.2, -0.15) is 0 Å². The number of likely N-dealkylation sites (N-methyl/N-ethyl adjacent to an activating group) is 1. The quantitative estimate of drug-likeness (QED) is 0.788. The van der Waals surface area contributed by atoms with Crippen LogP contribution < -0.4 is 10.2 Å². The highest BCUT2D eigenvalue weighted by molar-refractivity contribution is 7.18. The van der Waals surface area contributed by atoms with Crippen molar-refractivity contribution in [2.75, 3.05) is 50.1 Å². The summed E-state index contributed by atoms with van der Waals surface area (Å²) in [5.41, 5.74) is 0. The van der Waals surface area contributed by atoms with E-state index >= 15 is 0 Å². The van der Waals surface area contributed by atoms with Gasteiger partial charge in [-0.15, -0.1) is 0 Å². The molecule has 120 valence electrons. The van der Waals surface area contributed by atoms with Crippen LogP contribution in [0.1, 0.15) is 9.67 Å². The van der Waals surface area contributed by atoms with Crippen molar-refractivity contribution in [2.24, 2.45) is 0 Å². The van der Waals surface area contributed by atoms with Crippen LogP contribution in [0.2, 0.25) is 0 Å². The number of anilines is 2. The zero-order valence-electron chi connectivity index (χ0n) is 12.2. The molecule has 1 aromatic rings. The number of hydrogen-bond acceptors (Lipinski definition) is 7. The minimum absolute atomic E-state index is 0.00974. The van der Waals surface area contributed by atoms with Crippen molar-refractivity contribution in [3.8, 4) is 0 Å². The summed E-state index contributed by atoms with van der Waals surface area (Å²) in [5, 5.41) is 12.2. The molecule has 0 saturated carbocycles. The van der Waals surface area contributed by atoms with E-state index in [0.29, 0.717) is 5.13 Å². The Morgan fingerprint density at radius 3 is 2.73 bits per heavy atom. The molecule has 0 aromatic carbocycles. The number of piperazine rings is 1. The number of aromatic nitrogens is 1. The second-order valence-corrected chi connectivity index (χ2v) is 5.76. The maximum absolute atomic E-state index is 11.5. The van der Waals surface area contributed by atoms with Gasteiger partial charge in [0.1, 0.15) is 6.61 Å². The van der Waals surface area contributed by atoms with Gasteiger partial charge in [-0.05, 0) is 7.05 Å². The summed E-state index contributed by atoms with van der Waals surface area (Å²) in [6, 6.07) is 0. The van der Waals surface area contributed by atoms with Crippen LogP contribution in [0.5, 0.6) is 0 Å². The van der Waals surface area contributed by atoms with Crippen molar-refractivity contribution >= 4 is 34.3 Å². The van der Waals surface area contributed by atoms with Crippen molar-refractivity contribution in [3.05, 3.63) is 17.5 Å². The normalized spacial score (nSPS) is 15.4. The summed E-state index contributed by atoms with van der Waals surface area (Å²) < 4.78 is 4.78. The third-order valence-corrected chi connectivity index (χ3v) is 4.24. The van der Waals surface area contributed by atoms with Gasteiger partial charge in [0.15, 0.2) is 15.8 Å². The van der Waals surface area contributed by atoms with E-state index in [0.717, 1.165) is 37.5 Å². The fraction of sp³-hybridized carbons (Fsp3) is 0.462. The van der Waals surface area contributed by atoms with Crippen molar-refractivity contribution in [2.45, 2.75) is 0 Å². The van der Waals surface area contributed by atoms with Crippen LogP contribution >= 0.6 is 11.3 Å². The number of carbonyl (C=O) groups is 2. The van der Waals surface area contributed by atoms with Crippen LogP contribution in [0.15, 0.2) is 12.7 Å². The first-order valence-electron chi connectivity index (χ1n) is 6.73. The molecule has 0 unspecified atom stereocenters. The Labute approximate surface area is 132 Å². The van der Waals surface area contributed by atoms with Gasteiger partial charge in [-0.25, -0.2) is 14.6 Å². The predicted octanol–water partition coefficient (Wildman–Crippen LogP) is 1.33. The highest BCUT2D eigenvalue weighted by Crippen LogP contribution is 2.30. The number of nitrogens with one attached hydrogen (secondary N) is 1. The van der Waals surface area contributed by atoms with E-state index in [4.69, 9.17) is 4.74 Å². The third kappa shape index (κ3) is 3.95. The van der Waals surface area contributed by atoms with Crippen molar-refractivity contribution in [3.63, 3.8) is 0 Å². The summed E-state index contributed by atoms with van der Waals surface area (Å²) in [6.45, 7) is 6.78. The maximum Gasteiger partial charge on any atom is 0.413 e. The van der Waals surface area contributed by atoms with Gasteiger partial charge in [0.25, 0.3) is 0 Å². The third-order valence-electron chi connectivity index (χ3n) is 3.14. The van der Waals surface area contributed by atoms with Crippen LogP contribution in [0.3, 0.4) is 0 Å². The lowest BCUT2D eigenvalue weighted by molar-refractivity contribution is 0.0703. The lowest BCUT2D eigenvalue weighted by Crippen LogP contribution is -2.44. The highest BCUT2D eigenvalue weighted by Gasteiger charge is 2.24. The van der Waals surface area contributed by atoms with E-state index < -0.39 is 12.1 Å². The number of aromatic carboxylic acids is 1. The van der Waals surface area contributed by atoms with Crippen molar-refractivity contribution in [1.29, 1.82) is 0 Å². The Balaban J connectivity index is 2.13. The molecule has 8 nitrogen and oxygen atoms in total. The number of carbonyl (C=O) groups excluding carboxylic acids is 1. The van der Waals surface area contributed by atoms with Gasteiger partial charge in [-0.3, -0.25) is 5.32 Å². The summed E-state index contributed by atoms with van der Waals surface area (Å²) >= 11 is 1.05. The van der Waals surface area contributed by atoms with Gasteiger partial charge < -0.3 is 19.6 Å². The molecular formula is C13H18N4O4S. The van der Waals surface area contributed by atoms with E-state index in [2.05, 4.69) is 21.8 Å². The molecule has 0 aliphatic carbocycles.